The molecular formula is C21H27N5O5. The van der Waals surface area contributed by atoms with Gasteiger partial charge in [-0.15, -0.1) is 0 Å². The van der Waals surface area contributed by atoms with Crippen molar-refractivity contribution in [1.82, 2.24) is 25.5 Å². The van der Waals surface area contributed by atoms with Crippen molar-refractivity contribution in [2.24, 2.45) is 5.92 Å². The number of hydrogen-bond donors (Lipinski definition) is 1. The number of ether oxygens (including phenoxy) is 5. The van der Waals surface area contributed by atoms with E-state index in [1.54, 1.807) is 16.8 Å². The van der Waals surface area contributed by atoms with Crippen LogP contribution in [-0.4, -0.2) is 65.0 Å². The lowest BCUT2D eigenvalue weighted by molar-refractivity contribution is 0.0610. The zero-order chi connectivity index (χ0) is 20.6. The molecule has 31 heavy (non-hydrogen) atoms. The smallest absolute Gasteiger partial charge is 0.341 e. The fourth-order valence-corrected chi connectivity index (χ4v) is 5.08. The molecule has 1 aromatic heterocycles. The molecule has 3 fully saturated rings. The molecule has 1 aromatic carbocycles. The number of aromatic nitrogens is 4. The molecule has 1 aliphatic carbocycles. The van der Waals surface area contributed by atoms with Crippen molar-refractivity contribution in [3.05, 3.63) is 18.2 Å². The van der Waals surface area contributed by atoms with Crippen LogP contribution in [0.25, 0.3) is 0 Å². The minimum absolute atomic E-state index is 0.00353. The van der Waals surface area contributed by atoms with Gasteiger partial charge in [0.15, 0.2) is 11.5 Å². The number of tetrazole rings is 1. The zero-order valence-corrected chi connectivity index (χ0v) is 17.3. The van der Waals surface area contributed by atoms with Gasteiger partial charge in [-0.05, 0) is 47.9 Å². The number of rotatable bonds is 6. The fraction of sp³-hybridized carbons (Fsp3) is 0.667. The average Bonchev–Trinajstić information content (AvgIpc) is 3.58. The maximum absolute atomic E-state index is 6.14. The molecule has 2 saturated heterocycles. The van der Waals surface area contributed by atoms with Gasteiger partial charge in [0, 0.05) is 6.07 Å². The first kappa shape index (κ1) is 19.3. The van der Waals surface area contributed by atoms with Gasteiger partial charge in [-0.3, -0.25) is 0 Å². The predicted molar refractivity (Wildman–Crippen MR) is 107 cm³/mol. The molecule has 2 aromatic rings. The lowest BCUT2D eigenvalue weighted by Crippen LogP contribution is -2.43. The summed E-state index contributed by atoms with van der Waals surface area (Å²) in [4.78, 5) is 0. The van der Waals surface area contributed by atoms with E-state index in [1.165, 1.54) is 32.1 Å². The monoisotopic (exact) mass is 429 g/mol. The molecule has 4 aliphatic rings. The molecular weight excluding hydrogens is 402 g/mol. The zero-order valence-electron chi connectivity index (χ0n) is 17.3. The molecule has 0 spiro atoms. The highest BCUT2D eigenvalue weighted by molar-refractivity contribution is 5.47. The molecule has 6 rings (SSSR count). The van der Waals surface area contributed by atoms with Crippen molar-refractivity contribution in [1.29, 1.82) is 0 Å². The molecule has 4 atom stereocenters. The first-order valence-corrected chi connectivity index (χ1v) is 11.2. The Morgan fingerprint density at radius 3 is 2.84 bits per heavy atom. The van der Waals surface area contributed by atoms with E-state index in [0.717, 1.165) is 12.5 Å². The Morgan fingerprint density at radius 1 is 1.03 bits per heavy atom. The quantitative estimate of drug-likeness (QED) is 0.739. The lowest BCUT2D eigenvalue weighted by atomic mass is 9.89. The Kier molecular flexibility index (Phi) is 5.13. The van der Waals surface area contributed by atoms with Crippen molar-refractivity contribution in [2.75, 3.05) is 26.6 Å². The Hall–Kier alpha value is -2.43. The standard InChI is InChI=1S/C21H27N5O5/c1-2-4-13(5-3-1)9-22-15-10-27-20-16(11-28-19(15)20)26-21(23-24-25-26)31-14-6-7-17-18(8-14)30-12-29-17/h6-8,13,15-16,19-20,22H,1-5,9-12H2/t15-,16-,19+,20+/m0/s1. The lowest BCUT2D eigenvalue weighted by Gasteiger charge is -2.25. The van der Waals surface area contributed by atoms with Gasteiger partial charge in [0.25, 0.3) is 0 Å². The van der Waals surface area contributed by atoms with Crippen LogP contribution in [0.2, 0.25) is 0 Å². The maximum atomic E-state index is 6.14. The second-order valence-electron chi connectivity index (χ2n) is 8.71. The molecule has 3 aliphatic heterocycles. The van der Waals surface area contributed by atoms with Gasteiger partial charge in [0.1, 0.15) is 24.0 Å². The Morgan fingerprint density at radius 2 is 1.90 bits per heavy atom. The number of hydrogen-bond acceptors (Lipinski definition) is 9. The van der Waals surface area contributed by atoms with E-state index < -0.39 is 0 Å². The highest BCUT2D eigenvalue weighted by atomic mass is 16.7. The van der Waals surface area contributed by atoms with Crippen molar-refractivity contribution in [2.45, 2.75) is 56.4 Å². The first-order valence-electron chi connectivity index (χ1n) is 11.2. The second kappa shape index (κ2) is 8.25. The van der Waals surface area contributed by atoms with Gasteiger partial charge in [0.05, 0.1) is 19.3 Å². The average molecular weight is 429 g/mol. The van der Waals surface area contributed by atoms with Gasteiger partial charge in [-0.1, -0.05) is 24.4 Å². The Bertz CT molecular complexity index is 917. The highest BCUT2D eigenvalue weighted by Crippen LogP contribution is 2.38. The van der Waals surface area contributed by atoms with Crippen LogP contribution in [0.5, 0.6) is 23.3 Å². The third kappa shape index (κ3) is 3.72. The summed E-state index contributed by atoms with van der Waals surface area (Å²) in [6.45, 7) is 2.37. The molecule has 0 unspecified atom stereocenters. The summed E-state index contributed by atoms with van der Waals surface area (Å²) < 4.78 is 30.7. The molecule has 10 nitrogen and oxygen atoms in total. The van der Waals surface area contributed by atoms with Gasteiger partial charge >= 0.3 is 6.01 Å². The largest absolute Gasteiger partial charge is 0.454 e. The van der Waals surface area contributed by atoms with E-state index in [4.69, 9.17) is 23.7 Å². The molecule has 10 heteroatoms. The van der Waals surface area contributed by atoms with Crippen LogP contribution in [-0.2, 0) is 9.47 Å². The number of benzene rings is 1. The summed E-state index contributed by atoms with van der Waals surface area (Å²) in [6.07, 6.45) is 6.61. The van der Waals surface area contributed by atoms with E-state index in [0.29, 0.717) is 36.5 Å². The van der Waals surface area contributed by atoms with Crippen molar-refractivity contribution < 1.29 is 23.7 Å². The van der Waals surface area contributed by atoms with E-state index in [-0.39, 0.29) is 31.1 Å². The van der Waals surface area contributed by atoms with Gasteiger partial charge < -0.3 is 29.0 Å². The summed E-state index contributed by atoms with van der Waals surface area (Å²) in [5, 5.41) is 15.7. The van der Waals surface area contributed by atoms with Crippen LogP contribution >= 0.6 is 0 Å². The van der Waals surface area contributed by atoms with Gasteiger partial charge in [-0.25, -0.2) is 0 Å². The number of fused-ring (bicyclic) bond motifs is 2. The first-order chi connectivity index (χ1) is 15.3. The minimum Gasteiger partial charge on any atom is -0.454 e. The van der Waals surface area contributed by atoms with E-state index >= 15 is 0 Å². The molecule has 166 valence electrons. The molecule has 0 amide bonds. The SMILES string of the molecule is c1cc2c(cc1Oc1nnnn1[C@H]1CO[C@H]3[C@@H]1OC[C@@H]3NCC1CCCCC1)OCO2. The summed E-state index contributed by atoms with van der Waals surface area (Å²) in [6, 6.07) is 5.75. The van der Waals surface area contributed by atoms with Crippen LogP contribution in [0.3, 0.4) is 0 Å². The Labute approximate surface area is 180 Å². The molecule has 0 bridgehead atoms. The maximum Gasteiger partial charge on any atom is 0.341 e. The fourth-order valence-electron chi connectivity index (χ4n) is 5.08. The highest BCUT2D eigenvalue weighted by Gasteiger charge is 2.49. The van der Waals surface area contributed by atoms with Crippen molar-refractivity contribution >= 4 is 0 Å². The third-order valence-electron chi connectivity index (χ3n) is 6.75. The molecule has 0 radical (unpaired) electrons. The van der Waals surface area contributed by atoms with E-state index in [1.807, 2.05) is 6.07 Å². The molecule has 1 N–H and O–H groups in total. The molecule has 4 heterocycles. The van der Waals surface area contributed by atoms with E-state index in [9.17, 15) is 0 Å². The summed E-state index contributed by atoms with van der Waals surface area (Å²) in [7, 11) is 0. The minimum atomic E-state index is -0.134. The number of nitrogens with one attached hydrogen (secondary N) is 1. The van der Waals surface area contributed by atoms with Crippen LogP contribution < -0.4 is 19.5 Å². The summed E-state index contributed by atoms with van der Waals surface area (Å²) in [5.41, 5.74) is 0. The van der Waals surface area contributed by atoms with Crippen molar-refractivity contribution in [3.8, 4) is 23.3 Å². The van der Waals surface area contributed by atoms with Crippen LogP contribution in [0.15, 0.2) is 18.2 Å². The summed E-state index contributed by atoms with van der Waals surface area (Å²) >= 11 is 0. The van der Waals surface area contributed by atoms with Crippen LogP contribution in [0, 0.1) is 5.92 Å². The third-order valence-corrected chi connectivity index (χ3v) is 6.75. The molecule has 1 saturated carbocycles. The normalized spacial score (nSPS) is 29.9. The summed E-state index contributed by atoms with van der Waals surface area (Å²) in [5.74, 6) is 2.69. The topological polar surface area (TPSA) is 102 Å². The van der Waals surface area contributed by atoms with Crippen molar-refractivity contribution in [3.63, 3.8) is 0 Å². The van der Waals surface area contributed by atoms with Crippen LogP contribution in [0.4, 0.5) is 0 Å². The van der Waals surface area contributed by atoms with Gasteiger partial charge in [0.2, 0.25) is 6.79 Å². The van der Waals surface area contributed by atoms with E-state index in [2.05, 4.69) is 20.8 Å². The second-order valence-corrected chi connectivity index (χ2v) is 8.71. The predicted octanol–water partition coefficient (Wildman–Crippen LogP) is 2.07. The van der Waals surface area contributed by atoms with Crippen LogP contribution in [0.1, 0.15) is 38.1 Å². The van der Waals surface area contributed by atoms with Gasteiger partial charge in [-0.2, -0.15) is 4.68 Å². The number of nitrogens with zero attached hydrogens (tertiary/aromatic N) is 4. The Balaban J connectivity index is 1.11.